The monoisotopic (exact) mass is 301 g/mol. The van der Waals surface area contributed by atoms with Gasteiger partial charge in [0.05, 0.1) is 26.0 Å². The summed E-state index contributed by atoms with van der Waals surface area (Å²) in [7, 11) is 2.46. The molecule has 7 nitrogen and oxygen atoms in total. The van der Waals surface area contributed by atoms with Crippen molar-refractivity contribution in [1.29, 1.82) is 0 Å². The molecule has 1 heterocycles. The molecule has 0 bridgehead atoms. The maximum atomic E-state index is 11.6. The minimum Gasteiger partial charge on any atom is -0.466 e. The van der Waals surface area contributed by atoms with Crippen LogP contribution in [0.2, 0.25) is 0 Å². The average Bonchev–Trinajstić information content (AvgIpc) is 3.08. The van der Waals surface area contributed by atoms with Gasteiger partial charge in [0, 0.05) is 18.1 Å². The Kier molecular flexibility index (Phi) is 4.92. The van der Waals surface area contributed by atoms with Crippen LogP contribution in [-0.4, -0.2) is 35.9 Å². The van der Waals surface area contributed by atoms with Crippen molar-refractivity contribution in [2.24, 2.45) is 0 Å². The highest BCUT2D eigenvalue weighted by molar-refractivity contribution is 5.98. The summed E-state index contributed by atoms with van der Waals surface area (Å²) in [4.78, 5) is 22.9. The van der Waals surface area contributed by atoms with E-state index in [-0.39, 0.29) is 5.70 Å². The Morgan fingerprint density at radius 3 is 2.45 bits per heavy atom. The van der Waals surface area contributed by atoms with E-state index in [1.165, 1.54) is 14.2 Å². The number of benzene rings is 1. The van der Waals surface area contributed by atoms with E-state index in [1.54, 1.807) is 23.0 Å². The second kappa shape index (κ2) is 7.07. The Morgan fingerprint density at radius 2 is 1.91 bits per heavy atom. The summed E-state index contributed by atoms with van der Waals surface area (Å²) in [6.45, 7) is 0. The second-order valence-corrected chi connectivity index (χ2v) is 4.20. The van der Waals surface area contributed by atoms with Crippen LogP contribution in [0.4, 0.5) is 5.69 Å². The molecule has 1 aromatic carbocycles. The number of carbonyl (C=O) groups is 2. The molecule has 0 unspecified atom stereocenters. The van der Waals surface area contributed by atoms with E-state index in [0.717, 1.165) is 11.8 Å². The Labute approximate surface area is 127 Å². The van der Waals surface area contributed by atoms with Crippen LogP contribution in [0, 0.1) is 0 Å². The molecule has 0 aliphatic heterocycles. The fraction of sp³-hybridized carbons (Fsp3) is 0.133. The molecular weight excluding hydrogens is 286 g/mol. The van der Waals surface area contributed by atoms with Crippen LogP contribution in [0.25, 0.3) is 5.69 Å². The van der Waals surface area contributed by atoms with Crippen molar-refractivity contribution in [1.82, 2.24) is 9.78 Å². The van der Waals surface area contributed by atoms with Gasteiger partial charge in [0.2, 0.25) is 0 Å². The number of nitrogens with one attached hydrogen (secondary N) is 1. The number of nitrogens with zero attached hydrogens (tertiary/aromatic N) is 2. The van der Waals surface area contributed by atoms with Crippen molar-refractivity contribution in [3.8, 4) is 5.69 Å². The molecule has 0 radical (unpaired) electrons. The Balaban J connectivity index is 2.18. The maximum absolute atomic E-state index is 11.6. The van der Waals surface area contributed by atoms with Gasteiger partial charge in [-0.25, -0.2) is 14.3 Å². The standard InChI is InChI=1S/C15H15N3O4/c1-21-14(19)10-13(15(20)22-2)17-11-4-6-12(7-5-11)18-9-3-8-16-18/h3-10,17H,1-2H3/b13-10+. The first-order valence-corrected chi connectivity index (χ1v) is 6.39. The zero-order valence-corrected chi connectivity index (χ0v) is 12.1. The van der Waals surface area contributed by atoms with Gasteiger partial charge < -0.3 is 14.8 Å². The van der Waals surface area contributed by atoms with Crippen molar-refractivity contribution >= 4 is 17.6 Å². The topological polar surface area (TPSA) is 82.5 Å². The third-order valence-electron chi connectivity index (χ3n) is 2.78. The number of methoxy groups -OCH3 is 2. The molecule has 0 atom stereocenters. The van der Waals surface area contributed by atoms with Crippen molar-refractivity contribution in [2.45, 2.75) is 0 Å². The predicted molar refractivity (Wildman–Crippen MR) is 79.3 cm³/mol. The molecule has 0 amide bonds. The van der Waals surface area contributed by atoms with E-state index in [0.29, 0.717) is 5.69 Å². The molecule has 114 valence electrons. The van der Waals surface area contributed by atoms with Gasteiger partial charge in [0.25, 0.3) is 0 Å². The fourth-order valence-corrected chi connectivity index (χ4v) is 1.71. The number of rotatable bonds is 5. The minimum atomic E-state index is -0.665. The second-order valence-electron chi connectivity index (χ2n) is 4.20. The molecule has 0 aliphatic carbocycles. The summed E-state index contributed by atoms with van der Waals surface area (Å²) < 4.78 is 10.8. The van der Waals surface area contributed by atoms with Gasteiger partial charge in [0.1, 0.15) is 5.70 Å². The molecular formula is C15H15N3O4. The first-order chi connectivity index (χ1) is 10.6. The number of carbonyl (C=O) groups excluding carboxylic acids is 2. The molecule has 0 saturated carbocycles. The molecule has 0 saturated heterocycles. The molecule has 2 rings (SSSR count). The van der Waals surface area contributed by atoms with Gasteiger partial charge in [-0.3, -0.25) is 0 Å². The summed E-state index contributed by atoms with van der Waals surface area (Å²) in [5, 5.41) is 6.94. The third kappa shape index (κ3) is 3.72. The Bertz CT molecular complexity index is 675. The number of hydrogen-bond acceptors (Lipinski definition) is 6. The molecule has 22 heavy (non-hydrogen) atoms. The van der Waals surface area contributed by atoms with Gasteiger partial charge >= 0.3 is 11.9 Å². The zero-order valence-electron chi connectivity index (χ0n) is 12.1. The number of aromatic nitrogens is 2. The lowest BCUT2D eigenvalue weighted by Gasteiger charge is -2.09. The molecule has 0 spiro atoms. The minimum absolute atomic E-state index is 0.0128. The van der Waals surface area contributed by atoms with Gasteiger partial charge in [-0.15, -0.1) is 0 Å². The van der Waals surface area contributed by atoms with E-state index >= 15 is 0 Å². The van der Waals surface area contributed by atoms with Gasteiger partial charge in [-0.1, -0.05) is 0 Å². The quantitative estimate of drug-likeness (QED) is 0.666. The van der Waals surface area contributed by atoms with Crippen molar-refractivity contribution in [3.63, 3.8) is 0 Å². The Hall–Kier alpha value is -3.09. The lowest BCUT2D eigenvalue weighted by Crippen LogP contribution is -2.15. The average molecular weight is 301 g/mol. The number of esters is 2. The first-order valence-electron chi connectivity index (χ1n) is 6.39. The lowest BCUT2D eigenvalue weighted by molar-refractivity contribution is -0.138. The van der Waals surface area contributed by atoms with Crippen LogP contribution in [0.1, 0.15) is 0 Å². The largest absolute Gasteiger partial charge is 0.466 e. The molecule has 2 aromatic rings. The van der Waals surface area contributed by atoms with Gasteiger partial charge in [-0.05, 0) is 30.3 Å². The maximum Gasteiger partial charge on any atom is 0.354 e. The van der Waals surface area contributed by atoms with Crippen molar-refractivity contribution in [2.75, 3.05) is 19.5 Å². The third-order valence-corrected chi connectivity index (χ3v) is 2.78. The lowest BCUT2D eigenvalue weighted by atomic mass is 10.2. The summed E-state index contributed by atoms with van der Waals surface area (Å²) in [5.41, 5.74) is 1.48. The SMILES string of the molecule is COC(=O)/C=C(/Nc1ccc(-n2cccn2)cc1)C(=O)OC. The predicted octanol–water partition coefficient (Wildman–Crippen LogP) is 1.51. The first kappa shape index (κ1) is 15.3. The number of hydrogen-bond donors (Lipinski definition) is 1. The zero-order chi connectivity index (χ0) is 15.9. The summed E-state index contributed by atoms with van der Waals surface area (Å²) in [6, 6.07) is 8.97. The molecule has 1 N–H and O–H groups in total. The number of anilines is 1. The highest BCUT2D eigenvalue weighted by atomic mass is 16.5. The fourth-order valence-electron chi connectivity index (χ4n) is 1.71. The molecule has 1 aromatic heterocycles. The smallest absolute Gasteiger partial charge is 0.354 e. The van der Waals surface area contributed by atoms with E-state index < -0.39 is 11.9 Å². The number of ether oxygens (including phenoxy) is 2. The summed E-state index contributed by atoms with van der Waals surface area (Å²) in [6.07, 6.45) is 4.54. The van der Waals surface area contributed by atoms with Crippen LogP contribution in [0.3, 0.4) is 0 Å². The van der Waals surface area contributed by atoms with Crippen LogP contribution in [-0.2, 0) is 19.1 Å². The molecule has 7 heteroatoms. The van der Waals surface area contributed by atoms with E-state index in [1.807, 2.05) is 24.4 Å². The van der Waals surface area contributed by atoms with Gasteiger partial charge in [0.15, 0.2) is 0 Å². The summed E-state index contributed by atoms with van der Waals surface area (Å²) in [5.74, 6) is -1.32. The van der Waals surface area contributed by atoms with E-state index in [2.05, 4.69) is 19.9 Å². The highest BCUT2D eigenvalue weighted by Crippen LogP contribution is 2.15. The van der Waals surface area contributed by atoms with Crippen molar-refractivity contribution < 1.29 is 19.1 Å². The molecule has 0 fully saturated rings. The Morgan fingerprint density at radius 1 is 1.18 bits per heavy atom. The van der Waals surface area contributed by atoms with Gasteiger partial charge in [-0.2, -0.15) is 5.10 Å². The van der Waals surface area contributed by atoms with Crippen LogP contribution >= 0.6 is 0 Å². The van der Waals surface area contributed by atoms with Crippen LogP contribution < -0.4 is 5.32 Å². The molecule has 0 aliphatic rings. The highest BCUT2D eigenvalue weighted by Gasteiger charge is 2.12. The van der Waals surface area contributed by atoms with Crippen molar-refractivity contribution in [3.05, 3.63) is 54.5 Å². The van der Waals surface area contributed by atoms with E-state index in [9.17, 15) is 9.59 Å². The van der Waals surface area contributed by atoms with E-state index in [4.69, 9.17) is 0 Å². The van der Waals surface area contributed by atoms with Crippen LogP contribution in [0.15, 0.2) is 54.5 Å². The van der Waals surface area contributed by atoms with Crippen LogP contribution in [0.5, 0.6) is 0 Å². The summed E-state index contributed by atoms with van der Waals surface area (Å²) >= 11 is 0. The normalized spacial score (nSPS) is 10.9.